The number of nitrogens with two attached hydrogens (primary N) is 1. The van der Waals surface area contributed by atoms with Crippen LogP contribution in [0.4, 0.5) is 22.7 Å². The van der Waals surface area contributed by atoms with Crippen molar-refractivity contribution >= 4 is 54.5 Å². The van der Waals surface area contributed by atoms with E-state index in [4.69, 9.17) is 5.73 Å². The van der Waals surface area contributed by atoms with Gasteiger partial charge in [-0.2, -0.15) is 8.42 Å². The van der Waals surface area contributed by atoms with Gasteiger partial charge in [0.15, 0.2) is 11.6 Å². The molecule has 5 rings (SSSR count). The van der Waals surface area contributed by atoms with Gasteiger partial charge in [0.1, 0.15) is 4.90 Å². The summed E-state index contributed by atoms with van der Waals surface area (Å²) in [5, 5.41) is 2.96. The second-order valence-electron chi connectivity index (χ2n) is 9.34. The van der Waals surface area contributed by atoms with Gasteiger partial charge in [-0.3, -0.25) is 18.9 Å². The zero-order chi connectivity index (χ0) is 29.0. The molecule has 0 unspecified atom stereocenters. The molecule has 0 atom stereocenters. The van der Waals surface area contributed by atoms with Crippen molar-refractivity contribution in [3.8, 4) is 0 Å². The van der Waals surface area contributed by atoms with Crippen LogP contribution in [0, 0.1) is 13.8 Å². The Bertz CT molecular complexity index is 1950. The number of hydrogen-bond donors (Lipinski definition) is 4. The van der Waals surface area contributed by atoms with E-state index >= 15 is 0 Å². The quantitative estimate of drug-likeness (QED) is 0.168. The summed E-state index contributed by atoms with van der Waals surface area (Å²) in [6.07, 6.45) is 0. The summed E-state index contributed by atoms with van der Waals surface area (Å²) >= 11 is 0. The molecule has 0 saturated carbocycles. The third-order valence-corrected chi connectivity index (χ3v) is 8.86. The highest BCUT2D eigenvalue weighted by Crippen LogP contribution is 2.40. The number of carbonyl (C=O) groups excluding carboxylic acids is 2. The fourth-order valence-corrected chi connectivity index (χ4v) is 6.20. The highest BCUT2D eigenvalue weighted by molar-refractivity contribution is 7.92. The van der Waals surface area contributed by atoms with Gasteiger partial charge in [0, 0.05) is 16.8 Å². The van der Waals surface area contributed by atoms with Crippen molar-refractivity contribution in [2.24, 2.45) is 0 Å². The number of anilines is 4. The second kappa shape index (κ2) is 9.59. The Kier molecular flexibility index (Phi) is 6.49. The molecule has 0 aromatic heterocycles. The fraction of sp³-hybridized carbons (Fsp3) is 0.0714. The Morgan fingerprint density at radius 2 is 1.35 bits per heavy atom. The molecule has 0 amide bonds. The maximum Gasteiger partial charge on any atom is 0.296 e. The van der Waals surface area contributed by atoms with E-state index in [1.807, 2.05) is 6.92 Å². The molecule has 4 aromatic carbocycles. The van der Waals surface area contributed by atoms with Crippen molar-refractivity contribution in [3.63, 3.8) is 0 Å². The fourth-order valence-electron chi connectivity index (χ4n) is 4.50. The molecule has 204 valence electrons. The first-order chi connectivity index (χ1) is 18.8. The van der Waals surface area contributed by atoms with E-state index in [2.05, 4.69) is 10.0 Å². The predicted octanol–water partition coefficient (Wildman–Crippen LogP) is 4.45. The van der Waals surface area contributed by atoms with Crippen molar-refractivity contribution in [1.29, 1.82) is 0 Å². The van der Waals surface area contributed by atoms with Gasteiger partial charge in [-0.05, 0) is 49.7 Å². The summed E-state index contributed by atoms with van der Waals surface area (Å²) in [6, 6.07) is 17.9. The van der Waals surface area contributed by atoms with Crippen molar-refractivity contribution < 1.29 is 31.0 Å². The lowest BCUT2D eigenvalue weighted by atomic mass is 9.82. The standard InChI is InChI=1S/C28H23N3O7S2/c1-15-7-11-18(12-8-15)39(34,35)31-17-10-9-16(2)21(13-17)30-22-14-23(40(36,37)38)26(29)25-24(22)27(32)19-5-3-4-6-20(19)28(25)33/h3-14,30-31H,29H2,1-2H3,(H,36,37,38). The summed E-state index contributed by atoms with van der Waals surface area (Å²) < 4.78 is 62.6. The van der Waals surface area contributed by atoms with E-state index in [1.54, 1.807) is 43.3 Å². The lowest BCUT2D eigenvalue weighted by molar-refractivity contribution is 0.0980. The number of aryl methyl sites for hydroxylation is 2. The number of carbonyl (C=O) groups is 2. The summed E-state index contributed by atoms with van der Waals surface area (Å²) in [7, 11) is -8.83. The number of ketones is 2. The van der Waals surface area contributed by atoms with E-state index < -0.39 is 42.3 Å². The Morgan fingerprint density at radius 1 is 0.750 bits per heavy atom. The second-order valence-corrected chi connectivity index (χ2v) is 12.4. The minimum Gasteiger partial charge on any atom is -0.397 e. The van der Waals surface area contributed by atoms with Gasteiger partial charge in [0.05, 0.1) is 33.1 Å². The van der Waals surface area contributed by atoms with Crippen LogP contribution < -0.4 is 15.8 Å². The van der Waals surface area contributed by atoms with Crippen LogP contribution in [-0.4, -0.2) is 33.0 Å². The van der Waals surface area contributed by atoms with Gasteiger partial charge < -0.3 is 11.1 Å². The van der Waals surface area contributed by atoms with Crippen LogP contribution in [0.25, 0.3) is 0 Å². The Balaban J connectivity index is 1.63. The lowest BCUT2D eigenvalue weighted by Gasteiger charge is -2.24. The minimum atomic E-state index is -4.90. The molecular weight excluding hydrogens is 554 g/mol. The van der Waals surface area contributed by atoms with Crippen LogP contribution in [0.2, 0.25) is 0 Å². The maximum absolute atomic E-state index is 13.5. The topological polar surface area (TPSA) is 173 Å². The monoisotopic (exact) mass is 577 g/mol. The van der Waals surface area contributed by atoms with Gasteiger partial charge in [0.25, 0.3) is 20.1 Å². The summed E-state index contributed by atoms with van der Waals surface area (Å²) in [5.74, 6) is -1.25. The molecule has 0 fully saturated rings. The molecule has 1 aliphatic carbocycles. The molecule has 0 radical (unpaired) electrons. The molecule has 5 N–H and O–H groups in total. The summed E-state index contributed by atoms with van der Waals surface area (Å²) in [5.41, 5.74) is 7.00. The van der Waals surface area contributed by atoms with Crippen molar-refractivity contribution in [3.05, 3.63) is 106 Å². The smallest absolute Gasteiger partial charge is 0.296 e. The summed E-state index contributed by atoms with van der Waals surface area (Å²) in [4.78, 5) is 26.2. The Labute approximate surface area is 230 Å². The first kappa shape index (κ1) is 27.1. The van der Waals surface area contributed by atoms with Crippen molar-refractivity contribution in [1.82, 2.24) is 0 Å². The highest BCUT2D eigenvalue weighted by atomic mass is 32.2. The number of nitrogens with one attached hydrogen (secondary N) is 2. The zero-order valence-electron chi connectivity index (χ0n) is 21.2. The molecule has 12 heteroatoms. The number of rotatable bonds is 6. The average Bonchev–Trinajstić information content (AvgIpc) is 2.89. The van der Waals surface area contributed by atoms with Crippen LogP contribution in [0.5, 0.6) is 0 Å². The van der Waals surface area contributed by atoms with E-state index in [0.29, 0.717) is 11.3 Å². The molecule has 4 aromatic rings. The normalized spacial score (nSPS) is 13.0. The number of benzene rings is 4. The SMILES string of the molecule is Cc1ccc(S(=O)(=O)Nc2ccc(C)c(Nc3cc(S(=O)(=O)O)c(N)c4c3C(=O)c3ccccc3C4=O)c2)cc1. The van der Waals surface area contributed by atoms with Crippen LogP contribution in [0.15, 0.2) is 82.6 Å². The van der Waals surface area contributed by atoms with Crippen LogP contribution in [0.3, 0.4) is 0 Å². The average molecular weight is 578 g/mol. The van der Waals surface area contributed by atoms with Crippen LogP contribution in [-0.2, 0) is 20.1 Å². The van der Waals surface area contributed by atoms with Gasteiger partial charge in [0.2, 0.25) is 0 Å². The molecule has 0 bridgehead atoms. The largest absolute Gasteiger partial charge is 0.397 e. The zero-order valence-corrected chi connectivity index (χ0v) is 22.9. The molecule has 0 spiro atoms. The van der Waals surface area contributed by atoms with E-state index in [1.165, 1.54) is 30.3 Å². The molecular formula is C28H23N3O7S2. The predicted molar refractivity (Wildman–Crippen MR) is 150 cm³/mol. The lowest BCUT2D eigenvalue weighted by Crippen LogP contribution is -2.25. The number of sulfonamides is 1. The van der Waals surface area contributed by atoms with Gasteiger partial charge >= 0.3 is 0 Å². The first-order valence-electron chi connectivity index (χ1n) is 11.9. The number of fused-ring (bicyclic) bond motifs is 2. The molecule has 0 aliphatic heterocycles. The van der Waals surface area contributed by atoms with Crippen LogP contribution in [0.1, 0.15) is 43.0 Å². The Hall–Kier alpha value is -4.52. The Morgan fingerprint density at radius 3 is 1.95 bits per heavy atom. The molecule has 0 heterocycles. The number of nitrogen functional groups attached to an aromatic ring is 1. The van der Waals surface area contributed by atoms with Gasteiger partial charge in [-0.1, -0.05) is 48.0 Å². The maximum atomic E-state index is 13.5. The third-order valence-electron chi connectivity index (χ3n) is 6.57. The van der Waals surface area contributed by atoms with Crippen molar-refractivity contribution in [2.75, 3.05) is 15.8 Å². The molecule has 10 nitrogen and oxygen atoms in total. The molecule has 1 aliphatic rings. The van der Waals surface area contributed by atoms with Gasteiger partial charge in [-0.15, -0.1) is 0 Å². The van der Waals surface area contributed by atoms with E-state index in [9.17, 15) is 31.0 Å². The first-order valence-corrected chi connectivity index (χ1v) is 14.8. The number of hydrogen-bond acceptors (Lipinski definition) is 8. The van der Waals surface area contributed by atoms with Crippen LogP contribution >= 0.6 is 0 Å². The molecule has 40 heavy (non-hydrogen) atoms. The van der Waals surface area contributed by atoms with Crippen molar-refractivity contribution in [2.45, 2.75) is 23.6 Å². The summed E-state index contributed by atoms with van der Waals surface area (Å²) in [6.45, 7) is 3.54. The molecule has 0 saturated heterocycles. The third kappa shape index (κ3) is 4.72. The van der Waals surface area contributed by atoms with Gasteiger partial charge in [-0.25, -0.2) is 8.42 Å². The minimum absolute atomic E-state index is 0.0498. The highest BCUT2D eigenvalue weighted by Gasteiger charge is 2.36. The van der Waals surface area contributed by atoms with E-state index in [0.717, 1.165) is 11.6 Å². The van der Waals surface area contributed by atoms with E-state index in [-0.39, 0.29) is 38.5 Å².